The van der Waals surface area contributed by atoms with E-state index < -0.39 is 0 Å². The molecule has 1 aromatic carbocycles. The number of hydrogen-bond acceptors (Lipinski definition) is 5. The Morgan fingerprint density at radius 3 is 2.91 bits per heavy atom. The molecular weight excluding hydrogens is 296 g/mol. The van der Waals surface area contributed by atoms with Gasteiger partial charge in [-0.25, -0.2) is 0 Å². The Balaban J connectivity index is 1.59. The van der Waals surface area contributed by atoms with Crippen molar-refractivity contribution in [2.24, 2.45) is 5.92 Å². The molecule has 3 rings (SSSR count). The predicted molar refractivity (Wildman–Crippen MR) is 87.6 cm³/mol. The van der Waals surface area contributed by atoms with Crippen LogP contribution >= 0.6 is 11.8 Å². The molecule has 2 aromatic rings. The number of thioether (sulfide) groups is 1. The molecule has 6 heteroatoms. The molecule has 0 amide bonds. The maximum Gasteiger partial charge on any atom is 0.214 e. The van der Waals surface area contributed by atoms with Crippen molar-refractivity contribution in [1.82, 2.24) is 20.2 Å². The summed E-state index contributed by atoms with van der Waals surface area (Å²) in [6, 6.07) is 7.80. The predicted octanol–water partition coefficient (Wildman–Crippen LogP) is 3.73. The van der Waals surface area contributed by atoms with Gasteiger partial charge in [0.15, 0.2) is 0 Å². The second-order valence-corrected chi connectivity index (χ2v) is 6.75. The number of rotatable bonds is 7. The maximum atomic E-state index is 5.39. The normalized spacial score (nSPS) is 15.3. The molecule has 0 atom stereocenters. The highest BCUT2D eigenvalue weighted by Crippen LogP contribution is 2.30. The van der Waals surface area contributed by atoms with Crippen LogP contribution in [0.5, 0.6) is 5.75 Å². The van der Waals surface area contributed by atoms with Gasteiger partial charge in [-0.05, 0) is 41.3 Å². The molecule has 1 heterocycles. The van der Waals surface area contributed by atoms with Crippen molar-refractivity contribution in [3.8, 4) is 11.4 Å². The molecule has 0 N–H and O–H groups in total. The van der Waals surface area contributed by atoms with Gasteiger partial charge in [0.1, 0.15) is 11.4 Å². The average molecular weight is 318 g/mol. The number of methoxy groups -OCH3 is 1. The van der Waals surface area contributed by atoms with E-state index in [2.05, 4.69) is 15.5 Å². The fraction of sp³-hybridized carbons (Fsp3) is 0.562. The minimum atomic E-state index is 0.780. The molecule has 0 radical (unpaired) electrons. The smallest absolute Gasteiger partial charge is 0.214 e. The summed E-state index contributed by atoms with van der Waals surface area (Å²) in [5, 5.41) is 12.9. The molecule has 1 aliphatic carbocycles. The van der Waals surface area contributed by atoms with Crippen LogP contribution in [0.25, 0.3) is 5.69 Å². The van der Waals surface area contributed by atoms with Crippen LogP contribution in [0.3, 0.4) is 0 Å². The summed E-state index contributed by atoms with van der Waals surface area (Å²) in [4.78, 5) is 0. The van der Waals surface area contributed by atoms with E-state index in [1.165, 1.54) is 38.5 Å². The first kappa shape index (κ1) is 15.3. The second kappa shape index (κ2) is 7.63. The van der Waals surface area contributed by atoms with Gasteiger partial charge in [-0.2, -0.15) is 4.68 Å². The number of hydrogen-bond donors (Lipinski definition) is 0. The Hall–Kier alpha value is -1.56. The van der Waals surface area contributed by atoms with E-state index in [1.807, 2.05) is 24.3 Å². The lowest BCUT2D eigenvalue weighted by Crippen LogP contribution is -2.02. The SMILES string of the molecule is COc1ccccc1-n1nnnc1SCCCC1CCCC1. The minimum absolute atomic E-state index is 0.780. The zero-order chi connectivity index (χ0) is 15.2. The quantitative estimate of drug-likeness (QED) is 0.575. The Morgan fingerprint density at radius 1 is 1.27 bits per heavy atom. The molecular formula is C16H22N4OS. The maximum absolute atomic E-state index is 5.39. The summed E-state index contributed by atoms with van der Waals surface area (Å²) < 4.78 is 7.15. The molecule has 0 unspecified atom stereocenters. The first-order valence-electron chi connectivity index (χ1n) is 7.93. The summed E-state index contributed by atoms with van der Waals surface area (Å²) in [6.45, 7) is 0. The fourth-order valence-electron chi connectivity index (χ4n) is 3.06. The van der Waals surface area contributed by atoms with E-state index in [-0.39, 0.29) is 0 Å². The van der Waals surface area contributed by atoms with E-state index in [1.54, 1.807) is 23.6 Å². The van der Waals surface area contributed by atoms with Crippen LogP contribution in [0.1, 0.15) is 38.5 Å². The third-order valence-corrected chi connectivity index (χ3v) is 5.22. The minimum Gasteiger partial charge on any atom is -0.494 e. The first-order valence-corrected chi connectivity index (χ1v) is 8.91. The van der Waals surface area contributed by atoms with Crippen LogP contribution in [0.4, 0.5) is 0 Å². The number of para-hydroxylation sites is 2. The largest absolute Gasteiger partial charge is 0.494 e. The van der Waals surface area contributed by atoms with Crippen molar-refractivity contribution in [2.75, 3.05) is 12.9 Å². The second-order valence-electron chi connectivity index (χ2n) is 5.69. The van der Waals surface area contributed by atoms with Gasteiger partial charge in [-0.1, -0.05) is 49.6 Å². The van der Waals surface area contributed by atoms with Crippen molar-refractivity contribution in [1.29, 1.82) is 0 Å². The van der Waals surface area contributed by atoms with Crippen molar-refractivity contribution in [3.63, 3.8) is 0 Å². The van der Waals surface area contributed by atoms with Gasteiger partial charge in [-0.3, -0.25) is 0 Å². The highest BCUT2D eigenvalue weighted by atomic mass is 32.2. The molecule has 0 saturated heterocycles. The number of tetrazole rings is 1. The van der Waals surface area contributed by atoms with Crippen LogP contribution in [-0.4, -0.2) is 33.1 Å². The van der Waals surface area contributed by atoms with Crippen molar-refractivity contribution in [2.45, 2.75) is 43.7 Å². The van der Waals surface area contributed by atoms with E-state index in [0.29, 0.717) is 0 Å². The Labute approximate surface area is 135 Å². The van der Waals surface area contributed by atoms with Crippen molar-refractivity contribution in [3.05, 3.63) is 24.3 Å². The highest BCUT2D eigenvalue weighted by molar-refractivity contribution is 7.99. The van der Waals surface area contributed by atoms with Gasteiger partial charge in [0, 0.05) is 5.75 Å². The molecule has 1 saturated carbocycles. The van der Waals surface area contributed by atoms with E-state index in [9.17, 15) is 0 Å². The summed E-state index contributed by atoms with van der Waals surface area (Å²) in [6.07, 6.45) is 8.25. The van der Waals surface area contributed by atoms with Gasteiger partial charge in [-0.15, -0.1) is 5.10 Å². The standard InChI is InChI=1S/C16H22N4OS/c1-21-15-11-5-4-10-14(15)20-16(17-18-19-20)22-12-6-9-13-7-2-3-8-13/h4-5,10-11,13H,2-3,6-9,12H2,1H3. The lowest BCUT2D eigenvalue weighted by Gasteiger charge is -2.10. The Kier molecular flexibility index (Phi) is 5.32. The summed E-state index contributed by atoms with van der Waals surface area (Å²) in [5.41, 5.74) is 0.883. The lowest BCUT2D eigenvalue weighted by atomic mass is 10.0. The van der Waals surface area contributed by atoms with Gasteiger partial charge in [0.05, 0.1) is 7.11 Å². The van der Waals surface area contributed by atoms with Gasteiger partial charge in [0.25, 0.3) is 0 Å². The third-order valence-electron chi connectivity index (χ3n) is 4.22. The lowest BCUT2D eigenvalue weighted by molar-refractivity contribution is 0.410. The van der Waals surface area contributed by atoms with E-state index >= 15 is 0 Å². The van der Waals surface area contributed by atoms with Crippen LogP contribution < -0.4 is 4.74 Å². The molecule has 22 heavy (non-hydrogen) atoms. The molecule has 0 spiro atoms. The molecule has 0 aliphatic heterocycles. The molecule has 1 aromatic heterocycles. The van der Waals surface area contributed by atoms with Crippen LogP contribution in [0.2, 0.25) is 0 Å². The average Bonchev–Trinajstić information content (AvgIpc) is 3.23. The topological polar surface area (TPSA) is 52.8 Å². The van der Waals surface area contributed by atoms with Crippen LogP contribution in [0.15, 0.2) is 29.4 Å². The van der Waals surface area contributed by atoms with Gasteiger partial charge in [0.2, 0.25) is 5.16 Å². The molecule has 1 fully saturated rings. The van der Waals surface area contributed by atoms with E-state index in [4.69, 9.17) is 4.74 Å². The zero-order valence-corrected chi connectivity index (χ0v) is 13.8. The van der Waals surface area contributed by atoms with Gasteiger partial charge >= 0.3 is 0 Å². The third kappa shape index (κ3) is 3.61. The highest BCUT2D eigenvalue weighted by Gasteiger charge is 2.15. The number of benzene rings is 1. The monoisotopic (exact) mass is 318 g/mol. The fourth-order valence-corrected chi connectivity index (χ4v) is 3.90. The number of aromatic nitrogens is 4. The van der Waals surface area contributed by atoms with E-state index in [0.717, 1.165) is 28.3 Å². The zero-order valence-electron chi connectivity index (χ0n) is 12.9. The van der Waals surface area contributed by atoms with Crippen LogP contribution in [0, 0.1) is 5.92 Å². The summed E-state index contributed by atoms with van der Waals surface area (Å²) in [7, 11) is 1.66. The molecule has 118 valence electrons. The van der Waals surface area contributed by atoms with Crippen molar-refractivity contribution < 1.29 is 4.74 Å². The number of nitrogens with zero attached hydrogens (tertiary/aromatic N) is 4. The Morgan fingerprint density at radius 2 is 2.09 bits per heavy atom. The first-order chi connectivity index (χ1) is 10.9. The molecule has 5 nitrogen and oxygen atoms in total. The van der Waals surface area contributed by atoms with Gasteiger partial charge < -0.3 is 4.74 Å². The summed E-state index contributed by atoms with van der Waals surface area (Å²) >= 11 is 1.72. The van der Waals surface area contributed by atoms with Crippen LogP contribution in [-0.2, 0) is 0 Å². The summed E-state index contributed by atoms with van der Waals surface area (Å²) in [5.74, 6) is 2.79. The number of ether oxygens (including phenoxy) is 1. The molecule has 1 aliphatic rings. The molecule has 0 bridgehead atoms. The Bertz CT molecular complexity index is 595. The van der Waals surface area contributed by atoms with Crippen molar-refractivity contribution >= 4 is 11.8 Å².